The fourth-order valence-electron chi connectivity index (χ4n) is 2.15. The molecule has 0 bridgehead atoms. The van der Waals surface area contributed by atoms with Gasteiger partial charge in [-0.05, 0) is 32.8 Å². The van der Waals surface area contributed by atoms with Gasteiger partial charge in [0.05, 0.1) is 29.4 Å². The Balaban J connectivity index is 2.05. The first kappa shape index (κ1) is 12.2. The van der Waals surface area contributed by atoms with E-state index in [1.165, 1.54) is 0 Å². The highest BCUT2D eigenvalue weighted by atomic mass is 16.3. The minimum Gasteiger partial charge on any atom is -0.390 e. The highest BCUT2D eigenvalue weighted by Crippen LogP contribution is 2.26. The van der Waals surface area contributed by atoms with E-state index in [4.69, 9.17) is 0 Å². The van der Waals surface area contributed by atoms with Crippen LogP contribution in [0.2, 0.25) is 0 Å². The molecule has 0 aliphatic carbocycles. The van der Waals surface area contributed by atoms with Crippen LogP contribution < -0.4 is 10.2 Å². The summed E-state index contributed by atoms with van der Waals surface area (Å²) in [5, 5.41) is 13.2. The van der Waals surface area contributed by atoms with Gasteiger partial charge in [-0.25, -0.2) is 0 Å². The molecular weight excluding hydrogens is 214 g/mol. The SMILES string of the molecule is CCNc1cncc(N2CCC(C)(O)CC2)c1. The molecule has 1 aliphatic rings. The molecule has 17 heavy (non-hydrogen) atoms. The van der Waals surface area contributed by atoms with Crippen LogP contribution in [0.15, 0.2) is 18.5 Å². The van der Waals surface area contributed by atoms with E-state index in [0.717, 1.165) is 43.9 Å². The minimum absolute atomic E-state index is 0.497. The van der Waals surface area contributed by atoms with Gasteiger partial charge in [0.25, 0.3) is 0 Å². The van der Waals surface area contributed by atoms with E-state index in [9.17, 15) is 5.11 Å². The van der Waals surface area contributed by atoms with Gasteiger partial charge in [0.15, 0.2) is 0 Å². The fourth-order valence-corrected chi connectivity index (χ4v) is 2.15. The first-order valence-corrected chi connectivity index (χ1v) is 6.27. The van der Waals surface area contributed by atoms with Crippen molar-refractivity contribution in [2.75, 3.05) is 29.9 Å². The van der Waals surface area contributed by atoms with Crippen molar-refractivity contribution in [2.24, 2.45) is 0 Å². The Morgan fingerprint density at radius 2 is 2.12 bits per heavy atom. The Kier molecular flexibility index (Phi) is 3.52. The third kappa shape index (κ3) is 3.09. The van der Waals surface area contributed by atoms with Crippen LogP contribution in [0.4, 0.5) is 11.4 Å². The van der Waals surface area contributed by atoms with Crippen LogP contribution in [-0.2, 0) is 0 Å². The van der Waals surface area contributed by atoms with E-state index in [1.807, 2.05) is 19.3 Å². The molecule has 1 aromatic heterocycles. The van der Waals surface area contributed by atoms with Gasteiger partial charge in [-0.3, -0.25) is 4.98 Å². The van der Waals surface area contributed by atoms with Crippen molar-refractivity contribution < 1.29 is 5.11 Å². The summed E-state index contributed by atoms with van der Waals surface area (Å²) in [6, 6.07) is 2.12. The molecule has 0 atom stereocenters. The van der Waals surface area contributed by atoms with E-state index in [0.29, 0.717) is 0 Å². The number of rotatable bonds is 3. The van der Waals surface area contributed by atoms with Crippen LogP contribution in [0, 0.1) is 0 Å². The van der Waals surface area contributed by atoms with E-state index < -0.39 is 5.60 Å². The zero-order valence-corrected chi connectivity index (χ0v) is 10.6. The maximum absolute atomic E-state index is 9.92. The molecule has 0 unspecified atom stereocenters. The lowest BCUT2D eigenvalue weighted by Crippen LogP contribution is -2.42. The van der Waals surface area contributed by atoms with Crippen molar-refractivity contribution in [3.05, 3.63) is 18.5 Å². The van der Waals surface area contributed by atoms with E-state index in [-0.39, 0.29) is 0 Å². The lowest BCUT2D eigenvalue weighted by molar-refractivity contribution is 0.0351. The number of aromatic nitrogens is 1. The van der Waals surface area contributed by atoms with Gasteiger partial charge >= 0.3 is 0 Å². The fraction of sp³-hybridized carbons (Fsp3) is 0.615. The van der Waals surface area contributed by atoms with Crippen molar-refractivity contribution in [3.8, 4) is 0 Å². The van der Waals surface area contributed by atoms with Crippen molar-refractivity contribution >= 4 is 11.4 Å². The van der Waals surface area contributed by atoms with Gasteiger partial charge in [-0.15, -0.1) is 0 Å². The second kappa shape index (κ2) is 4.92. The Bertz CT molecular complexity index is 369. The standard InChI is InChI=1S/C13H21N3O/c1-3-15-11-8-12(10-14-9-11)16-6-4-13(2,17)5-7-16/h8-10,15,17H,3-7H2,1-2H3. The molecule has 0 saturated carbocycles. The van der Waals surface area contributed by atoms with E-state index in [1.54, 1.807) is 0 Å². The van der Waals surface area contributed by atoms with Gasteiger partial charge in [0, 0.05) is 19.6 Å². The van der Waals surface area contributed by atoms with Crippen LogP contribution in [0.25, 0.3) is 0 Å². The second-order valence-electron chi connectivity index (χ2n) is 4.95. The monoisotopic (exact) mass is 235 g/mol. The zero-order valence-electron chi connectivity index (χ0n) is 10.6. The Morgan fingerprint density at radius 1 is 1.41 bits per heavy atom. The van der Waals surface area contributed by atoms with Gasteiger partial charge in [0.1, 0.15) is 0 Å². The maximum Gasteiger partial charge on any atom is 0.0653 e. The number of hydrogen-bond acceptors (Lipinski definition) is 4. The first-order chi connectivity index (χ1) is 8.11. The molecule has 1 aromatic rings. The largest absolute Gasteiger partial charge is 0.390 e. The molecule has 4 heteroatoms. The van der Waals surface area contributed by atoms with Crippen LogP contribution in [0.1, 0.15) is 26.7 Å². The molecule has 1 saturated heterocycles. The van der Waals surface area contributed by atoms with Crippen LogP contribution in [-0.4, -0.2) is 35.3 Å². The van der Waals surface area contributed by atoms with Crippen LogP contribution >= 0.6 is 0 Å². The van der Waals surface area contributed by atoms with E-state index in [2.05, 4.69) is 28.2 Å². The predicted molar refractivity (Wildman–Crippen MR) is 70.5 cm³/mol. The summed E-state index contributed by atoms with van der Waals surface area (Å²) in [6.45, 7) is 6.68. The number of piperidine rings is 1. The Hall–Kier alpha value is -1.29. The molecule has 1 aliphatic heterocycles. The van der Waals surface area contributed by atoms with Crippen molar-refractivity contribution in [2.45, 2.75) is 32.3 Å². The topological polar surface area (TPSA) is 48.4 Å². The highest BCUT2D eigenvalue weighted by molar-refractivity contribution is 5.55. The lowest BCUT2D eigenvalue weighted by atomic mass is 9.93. The number of anilines is 2. The normalized spacial score (nSPS) is 19.1. The van der Waals surface area contributed by atoms with Crippen molar-refractivity contribution in [1.29, 1.82) is 0 Å². The number of nitrogens with zero attached hydrogens (tertiary/aromatic N) is 2. The quantitative estimate of drug-likeness (QED) is 0.839. The number of nitrogens with one attached hydrogen (secondary N) is 1. The van der Waals surface area contributed by atoms with Gasteiger partial charge < -0.3 is 15.3 Å². The summed E-state index contributed by atoms with van der Waals surface area (Å²) in [7, 11) is 0. The molecule has 2 rings (SSSR count). The third-order valence-corrected chi connectivity index (χ3v) is 3.31. The molecule has 0 amide bonds. The van der Waals surface area contributed by atoms with Gasteiger partial charge in [-0.1, -0.05) is 0 Å². The zero-order chi connectivity index (χ0) is 12.3. The predicted octanol–water partition coefficient (Wildman–Crippen LogP) is 1.86. The number of hydrogen-bond donors (Lipinski definition) is 2. The average Bonchev–Trinajstić information content (AvgIpc) is 2.30. The molecule has 94 valence electrons. The summed E-state index contributed by atoms with van der Waals surface area (Å²) in [6.07, 6.45) is 5.37. The van der Waals surface area contributed by atoms with Crippen LogP contribution in [0.5, 0.6) is 0 Å². The maximum atomic E-state index is 9.92. The summed E-state index contributed by atoms with van der Waals surface area (Å²) >= 11 is 0. The Morgan fingerprint density at radius 3 is 2.76 bits per heavy atom. The smallest absolute Gasteiger partial charge is 0.0653 e. The van der Waals surface area contributed by atoms with Gasteiger partial charge in [-0.2, -0.15) is 0 Å². The molecule has 1 fully saturated rings. The first-order valence-electron chi connectivity index (χ1n) is 6.27. The lowest BCUT2D eigenvalue weighted by Gasteiger charge is -2.37. The third-order valence-electron chi connectivity index (χ3n) is 3.31. The number of pyridine rings is 1. The van der Waals surface area contributed by atoms with Gasteiger partial charge in [0.2, 0.25) is 0 Å². The summed E-state index contributed by atoms with van der Waals surface area (Å²) in [5.74, 6) is 0. The number of aliphatic hydroxyl groups is 1. The molecule has 0 spiro atoms. The summed E-state index contributed by atoms with van der Waals surface area (Å²) in [5.41, 5.74) is 1.70. The van der Waals surface area contributed by atoms with Crippen molar-refractivity contribution in [1.82, 2.24) is 4.98 Å². The van der Waals surface area contributed by atoms with Crippen molar-refractivity contribution in [3.63, 3.8) is 0 Å². The molecular formula is C13H21N3O. The Labute approximate surface area is 103 Å². The molecule has 4 nitrogen and oxygen atoms in total. The second-order valence-corrected chi connectivity index (χ2v) is 4.95. The van der Waals surface area contributed by atoms with Crippen LogP contribution in [0.3, 0.4) is 0 Å². The molecule has 0 radical (unpaired) electrons. The molecule has 2 heterocycles. The summed E-state index contributed by atoms with van der Waals surface area (Å²) in [4.78, 5) is 6.53. The summed E-state index contributed by atoms with van der Waals surface area (Å²) < 4.78 is 0. The highest BCUT2D eigenvalue weighted by Gasteiger charge is 2.27. The van der Waals surface area contributed by atoms with E-state index >= 15 is 0 Å². The molecule has 2 N–H and O–H groups in total. The minimum atomic E-state index is -0.497. The molecule has 0 aromatic carbocycles. The average molecular weight is 235 g/mol.